The number of unbranched alkanes of at least 4 members (excludes halogenated alkanes) is 1. The first-order valence-electron chi connectivity index (χ1n) is 9.45. The Morgan fingerprint density at radius 2 is 1.71 bits per heavy atom. The Morgan fingerprint density at radius 1 is 1.00 bits per heavy atom. The van der Waals surface area contributed by atoms with Gasteiger partial charge in [-0.3, -0.25) is 0 Å². The molecule has 0 nitrogen and oxygen atoms in total. The standard InChI is InChI=1S/C22H28F2/c1-2-3-7-17-8-10-18(11-9-17)22(12-5-4-6-13-22)19-14-20(23)16-21(24)15-19/h4-6,12,14-18H,2-3,7-11,13H2,1H3/t17-,18-,22?. The van der Waals surface area contributed by atoms with Gasteiger partial charge in [0, 0.05) is 11.5 Å². The summed E-state index contributed by atoms with van der Waals surface area (Å²) in [6.07, 6.45) is 18.0. The van der Waals surface area contributed by atoms with Crippen LogP contribution in [0.5, 0.6) is 0 Å². The van der Waals surface area contributed by atoms with Gasteiger partial charge in [0.2, 0.25) is 0 Å². The number of benzene rings is 1. The Labute approximate surface area is 144 Å². The largest absolute Gasteiger partial charge is 0.207 e. The van der Waals surface area contributed by atoms with Crippen molar-refractivity contribution in [3.05, 3.63) is 59.7 Å². The normalized spacial score (nSPS) is 29.8. The van der Waals surface area contributed by atoms with E-state index in [1.54, 1.807) is 0 Å². The van der Waals surface area contributed by atoms with Crippen molar-refractivity contribution in [1.29, 1.82) is 0 Å². The zero-order valence-electron chi connectivity index (χ0n) is 14.6. The fraction of sp³-hybridized carbons (Fsp3) is 0.545. The van der Waals surface area contributed by atoms with Crippen LogP contribution in [0.4, 0.5) is 8.78 Å². The number of halogens is 2. The molecule has 2 heteroatoms. The highest BCUT2D eigenvalue weighted by Crippen LogP contribution is 2.48. The molecule has 0 radical (unpaired) electrons. The number of rotatable bonds is 5. The maximum absolute atomic E-state index is 13.8. The quantitative estimate of drug-likeness (QED) is 0.562. The van der Waals surface area contributed by atoms with Gasteiger partial charge in [0.05, 0.1) is 0 Å². The second-order valence-corrected chi connectivity index (χ2v) is 7.55. The molecule has 0 saturated heterocycles. The van der Waals surface area contributed by atoms with Crippen molar-refractivity contribution >= 4 is 0 Å². The average molecular weight is 330 g/mol. The molecule has 1 atom stereocenters. The Balaban J connectivity index is 1.83. The summed E-state index contributed by atoms with van der Waals surface area (Å²) < 4.78 is 27.7. The maximum Gasteiger partial charge on any atom is 0.126 e. The van der Waals surface area contributed by atoms with Gasteiger partial charge in [0.25, 0.3) is 0 Å². The number of allylic oxidation sites excluding steroid dienone is 4. The number of hydrogen-bond donors (Lipinski definition) is 0. The molecule has 3 rings (SSSR count). The summed E-state index contributed by atoms with van der Waals surface area (Å²) in [5.41, 5.74) is 0.561. The van der Waals surface area contributed by atoms with Gasteiger partial charge >= 0.3 is 0 Å². The van der Waals surface area contributed by atoms with Crippen LogP contribution in [0.15, 0.2) is 42.5 Å². The van der Waals surface area contributed by atoms with Gasteiger partial charge < -0.3 is 0 Å². The summed E-state index contributed by atoms with van der Waals surface area (Å²) in [5.74, 6) is 0.372. The lowest BCUT2D eigenvalue weighted by Gasteiger charge is -2.43. The third-order valence-corrected chi connectivity index (χ3v) is 6.04. The molecule has 0 spiro atoms. The molecule has 0 aromatic heterocycles. The molecule has 1 aromatic carbocycles. The highest BCUT2D eigenvalue weighted by atomic mass is 19.1. The minimum absolute atomic E-state index is 0.243. The SMILES string of the molecule is CCCC[C@H]1CC[C@H](C2(c3cc(F)cc(F)c3)C=CC=CC2)CC1. The maximum atomic E-state index is 13.8. The molecule has 2 aliphatic rings. The summed E-state index contributed by atoms with van der Waals surface area (Å²) in [6, 6.07) is 4.05. The molecule has 0 aliphatic heterocycles. The van der Waals surface area contributed by atoms with E-state index in [9.17, 15) is 8.78 Å². The van der Waals surface area contributed by atoms with E-state index in [0.717, 1.165) is 36.8 Å². The second kappa shape index (κ2) is 7.63. The van der Waals surface area contributed by atoms with Crippen LogP contribution in [0.3, 0.4) is 0 Å². The molecule has 1 unspecified atom stereocenters. The fourth-order valence-corrected chi connectivity index (χ4v) is 4.67. The monoisotopic (exact) mass is 330 g/mol. The molecular weight excluding hydrogens is 302 g/mol. The highest BCUT2D eigenvalue weighted by Gasteiger charge is 2.40. The smallest absolute Gasteiger partial charge is 0.126 e. The van der Waals surface area contributed by atoms with E-state index >= 15 is 0 Å². The van der Waals surface area contributed by atoms with Crippen LogP contribution >= 0.6 is 0 Å². The lowest BCUT2D eigenvalue weighted by molar-refractivity contribution is 0.193. The molecule has 1 aromatic rings. The molecule has 2 aliphatic carbocycles. The zero-order valence-corrected chi connectivity index (χ0v) is 14.6. The molecule has 0 N–H and O–H groups in total. The summed E-state index contributed by atoms with van der Waals surface area (Å²) in [4.78, 5) is 0. The van der Waals surface area contributed by atoms with Crippen LogP contribution in [-0.4, -0.2) is 0 Å². The van der Waals surface area contributed by atoms with Crippen molar-refractivity contribution in [1.82, 2.24) is 0 Å². The summed E-state index contributed by atoms with van der Waals surface area (Å²) in [7, 11) is 0. The zero-order chi connectivity index (χ0) is 17.0. The third kappa shape index (κ3) is 3.63. The average Bonchev–Trinajstić information content (AvgIpc) is 2.60. The van der Waals surface area contributed by atoms with E-state index < -0.39 is 11.6 Å². The van der Waals surface area contributed by atoms with Crippen LogP contribution in [-0.2, 0) is 5.41 Å². The number of hydrogen-bond acceptors (Lipinski definition) is 0. The lowest BCUT2D eigenvalue weighted by Crippen LogP contribution is -2.36. The van der Waals surface area contributed by atoms with E-state index in [4.69, 9.17) is 0 Å². The predicted octanol–water partition coefficient (Wildman–Crippen LogP) is 6.72. The minimum Gasteiger partial charge on any atom is -0.207 e. The van der Waals surface area contributed by atoms with E-state index in [-0.39, 0.29) is 5.41 Å². The van der Waals surface area contributed by atoms with Crippen molar-refractivity contribution in [2.75, 3.05) is 0 Å². The third-order valence-electron chi connectivity index (χ3n) is 6.04. The van der Waals surface area contributed by atoms with E-state index in [2.05, 4.69) is 25.2 Å². The summed E-state index contributed by atoms with van der Waals surface area (Å²) >= 11 is 0. The first kappa shape index (κ1) is 17.4. The van der Waals surface area contributed by atoms with Crippen LogP contribution in [0.1, 0.15) is 63.9 Å². The van der Waals surface area contributed by atoms with Crippen molar-refractivity contribution in [2.24, 2.45) is 11.8 Å². The van der Waals surface area contributed by atoms with Gasteiger partial charge in [0.15, 0.2) is 0 Å². The van der Waals surface area contributed by atoms with Gasteiger partial charge in [-0.25, -0.2) is 8.78 Å². The van der Waals surface area contributed by atoms with Crippen LogP contribution in [0.25, 0.3) is 0 Å². The molecule has 0 amide bonds. The molecule has 130 valence electrons. The van der Waals surface area contributed by atoms with Gasteiger partial charge in [-0.1, -0.05) is 63.3 Å². The Kier molecular flexibility index (Phi) is 5.53. The lowest BCUT2D eigenvalue weighted by atomic mass is 9.61. The molecule has 0 bridgehead atoms. The minimum atomic E-state index is -0.469. The first-order valence-corrected chi connectivity index (χ1v) is 9.45. The van der Waals surface area contributed by atoms with Crippen LogP contribution in [0, 0.1) is 23.5 Å². The Bertz CT molecular complexity index is 588. The van der Waals surface area contributed by atoms with Crippen molar-refractivity contribution in [3.8, 4) is 0 Å². The van der Waals surface area contributed by atoms with E-state index in [1.807, 2.05) is 6.08 Å². The molecule has 1 fully saturated rings. The molecule has 0 heterocycles. The first-order chi connectivity index (χ1) is 11.6. The van der Waals surface area contributed by atoms with Gasteiger partial charge in [-0.15, -0.1) is 0 Å². The van der Waals surface area contributed by atoms with Crippen molar-refractivity contribution in [3.63, 3.8) is 0 Å². The highest BCUT2D eigenvalue weighted by molar-refractivity contribution is 5.37. The van der Waals surface area contributed by atoms with E-state index in [0.29, 0.717) is 5.92 Å². The van der Waals surface area contributed by atoms with Crippen molar-refractivity contribution in [2.45, 2.75) is 63.7 Å². The van der Waals surface area contributed by atoms with Gasteiger partial charge in [-0.05, 0) is 48.8 Å². The Morgan fingerprint density at radius 3 is 2.29 bits per heavy atom. The van der Waals surface area contributed by atoms with Gasteiger partial charge in [0.1, 0.15) is 11.6 Å². The molecule has 24 heavy (non-hydrogen) atoms. The van der Waals surface area contributed by atoms with E-state index in [1.165, 1.54) is 44.2 Å². The van der Waals surface area contributed by atoms with Gasteiger partial charge in [-0.2, -0.15) is 0 Å². The molecule has 1 saturated carbocycles. The summed E-state index contributed by atoms with van der Waals surface area (Å²) in [5, 5.41) is 0. The summed E-state index contributed by atoms with van der Waals surface area (Å²) in [6.45, 7) is 2.25. The topological polar surface area (TPSA) is 0 Å². The van der Waals surface area contributed by atoms with Crippen LogP contribution < -0.4 is 0 Å². The van der Waals surface area contributed by atoms with Crippen molar-refractivity contribution < 1.29 is 8.78 Å². The fourth-order valence-electron chi connectivity index (χ4n) is 4.67. The second-order valence-electron chi connectivity index (χ2n) is 7.55. The Hall–Kier alpha value is -1.44. The predicted molar refractivity (Wildman–Crippen MR) is 95.9 cm³/mol. The van der Waals surface area contributed by atoms with Crippen LogP contribution in [0.2, 0.25) is 0 Å². The molecular formula is C22H28F2.